The molecule has 0 aromatic carbocycles. The molecule has 0 radical (unpaired) electrons. The summed E-state index contributed by atoms with van der Waals surface area (Å²) in [5, 5.41) is 0. The van der Waals surface area contributed by atoms with Crippen LogP contribution in [0.2, 0.25) is 6.82 Å². The first-order chi connectivity index (χ1) is 7.74. The summed E-state index contributed by atoms with van der Waals surface area (Å²) in [5.74, 6) is 0. The van der Waals surface area contributed by atoms with Gasteiger partial charge in [0, 0.05) is 13.1 Å². The lowest BCUT2D eigenvalue weighted by molar-refractivity contribution is 0.00578. The normalized spacial score (nSPS) is 26.6. The molecular weight excluding hydrogens is 213 g/mol. The molecule has 3 nitrogen and oxygen atoms in total. The number of hydrogen-bond donors (Lipinski definition) is 0. The number of hydrogen-bond acceptors (Lipinski definition) is 3. The Morgan fingerprint density at radius 2 is 1.59 bits per heavy atom. The second-order valence-corrected chi connectivity index (χ2v) is 5.85. The van der Waals surface area contributed by atoms with Gasteiger partial charge in [0.15, 0.2) is 0 Å². The summed E-state index contributed by atoms with van der Waals surface area (Å²) in [6, 6.07) is 0. The van der Waals surface area contributed by atoms with E-state index in [0.29, 0.717) is 0 Å². The molecule has 4 heteroatoms. The van der Waals surface area contributed by atoms with Crippen molar-refractivity contribution in [2.75, 3.05) is 20.1 Å². The molecule has 0 aromatic rings. The monoisotopic (exact) mass is 239 g/mol. The highest BCUT2D eigenvalue weighted by Crippen LogP contribution is 2.36. The van der Waals surface area contributed by atoms with Crippen molar-refractivity contribution in [1.82, 2.24) is 4.90 Å². The highest BCUT2D eigenvalue weighted by atomic mass is 16.7. The van der Waals surface area contributed by atoms with Crippen LogP contribution in [0.1, 0.15) is 34.1 Å². The minimum atomic E-state index is -0.160. The van der Waals surface area contributed by atoms with E-state index in [1.54, 1.807) is 0 Å². The Kier molecular flexibility index (Phi) is 4.81. The predicted molar refractivity (Wildman–Crippen MR) is 73.2 cm³/mol. The van der Waals surface area contributed by atoms with Crippen molar-refractivity contribution in [3.63, 3.8) is 0 Å². The van der Waals surface area contributed by atoms with E-state index in [1.165, 1.54) is 13.0 Å². The van der Waals surface area contributed by atoms with E-state index in [2.05, 4.69) is 51.8 Å². The standard InChI is InChI=1S/C7H15BO2.C6H11N/c1-6(2)7(3,4)10-8(5)9-6;1-7-5-3-2-4-6-7/h1-5H3;2-3H,4-6H2,1H3. The molecule has 0 bridgehead atoms. The van der Waals surface area contributed by atoms with Crippen molar-refractivity contribution >= 4 is 7.12 Å². The zero-order chi connectivity index (χ0) is 13.1. The summed E-state index contributed by atoms with van der Waals surface area (Å²) in [6.45, 7) is 12.5. The maximum Gasteiger partial charge on any atom is 0.454 e. The van der Waals surface area contributed by atoms with Gasteiger partial charge in [-0.05, 0) is 48.0 Å². The van der Waals surface area contributed by atoms with Gasteiger partial charge in [0.1, 0.15) is 0 Å². The van der Waals surface area contributed by atoms with Crippen LogP contribution >= 0.6 is 0 Å². The SMILES string of the molecule is CB1OC(C)(C)C(C)(C)O1.CN1CC=CCC1. The van der Waals surface area contributed by atoms with Crippen molar-refractivity contribution in [3.8, 4) is 0 Å². The maximum atomic E-state index is 5.54. The molecule has 0 saturated carbocycles. The fourth-order valence-corrected chi connectivity index (χ4v) is 1.90. The molecular formula is C13H26BNO2. The van der Waals surface area contributed by atoms with Crippen LogP contribution in [-0.4, -0.2) is 43.4 Å². The summed E-state index contributed by atoms with van der Waals surface area (Å²) >= 11 is 0. The molecule has 2 aliphatic rings. The van der Waals surface area contributed by atoms with Crippen molar-refractivity contribution in [3.05, 3.63) is 12.2 Å². The van der Waals surface area contributed by atoms with Crippen LogP contribution in [0, 0.1) is 0 Å². The maximum absolute atomic E-state index is 5.54. The lowest BCUT2D eigenvalue weighted by atomic mass is 9.90. The molecule has 17 heavy (non-hydrogen) atoms. The molecule has 0 N–H and O–H groups in total. The van der Waals surface area contributed by atoms with Crippen LogP contribution in [0.15, 0.2) is 12.2 Å². The Balaban J connectivity index is 0.000000181. The zero-order valence-electron chi connectivity index (χ0n) is 12.1. The van der Waals surface area contributed by atoms with Crippen LogP contribution < -0.4 is 0 Å². The Morgan fingerprint density at radius 1 is 1.06 bits per heavy atom. The topological polar surface area (TPSA) is 21.7 Å². The molecule has 0 spiro atoms. The van der Waals surface area contributed by atoms with E-state index in [0.717, 1.165) is 6.54 Å². The van der Waals surface area contributed by atoms with Crippen LogP contribution in [0.5, 0.6) is 0 Å². The van der Waals surface area contributed by atoms with Gasteiger partial charge in [0.2, 0.25) is 0 Å². The van der Waals surface area contributed by atoms with E-state index >= 15 is 0 Å². The lowest BCUT2D eigenvalue weighted by Gasteiger charge is -2.32. The van der Waals surface area contributed by atoms with E-state index in [1.807, 2.05) is 6.82 Å². The number of rotatable bonds is 0. The first-order valence-electron chi connectivity index (χ1n) is 6.44. The fourth-order valence-electron chi connectivity index (χ4n) is 1.90. The van der Waals surface area contributed by atoms with Gasteiger partial charge in [-0.1, -0.05) is 12.2 Å². The summed E-state index contributed by atoms with van der Waals surface area (Å²) < 4.78 is 11.1. The average Bonchev–Trinajstić information content (AvgIpc) is 2.35. The molecule has 0 aliphatic carbocycles. The molecule has 1 fully saturated rings. The van der Waals surface area contributed by atoms with Crippen LogP contribution in [0.3, 0.4) is 0 Å². The highest BCUT2D eigenvalue weighted by Gasteiger charge is 2.48. The van der Waals surface area contributed by atoms with Crippen molar-refractivity contribution in [1.29, 1.82) is 0 Å². The molecule has 0 amide bonds. The van der Waals surface area contributed by atoms with Gasteiger partial charge in [-0.2, -0.15) is 0 Å². The first-order valence-corrected chi connectivity index (χ1v) is 6.44. The van der Waals surface area contributed by atoms with Gasteiger partial charge in [-0.3, -0.25) is 0 Å². The van der Waals surface area contributed by atoms with E-state index < -0.39 is 0 Å². The molecule has 0 unspecified atom stereocenters. The first kappa shape index (κ1) is 14.7. The minimum Gasteiger partial charge on any atom is -0.403 e. The average molecular weight is 239 g/mol. The third kappa shape index (κ3) is 4.13. The Morgan fingerprint density at radius 3 is 1.76 bits per heavy atom. The molecule has 2 aliphatic heterocycles. The predicted octanol–water partition coefficient (Wildman–Crippen LogP) is 2.59. The minimum absolute atomic E-state index is 0.0648. The Bertz CT molecular complexity index is 261. The number of likely N-dealkylation sites (N-methyl/N-ethyl adjacent to an activating group) is 1. The van der Waals surface area contributed by atoms with E-state index in [-0.39, 0.29) is 18.3 Å². The largest absolute Gasteiger partial charge is 0.454 e. The third-order valence-electron chi connectivity index (χ3n) is 3.63. The van der Waals surface area contributed by atoms with Crippen LogP contribution in [-0.2, 0) is 9.31 Å². The van der Waals surface area contributed by atoms with Crippen LogP contribution in [0.4, 0.5) is 0 Å². The second kappa shape index (κ2) is 5.55. The van der Waals surface area contributed by atoms with Gasteiger partial charge in [0.05, 0.1) is 11.2 Å². The van der Waals surface area contributed by atoms with E-state index in [4.69, 9.17) is 9.31 Å². The van der Waals surface area contributed by atoms with Crippen molar-refractivity contribution in [2.24, 2.45) is 0 Å². The zero-order valence-corrected chi connectivity index (χ0v) is 12.1. The number of nitrogens with zero attached hydrogens (tertiary/aromatic N) is 1. The van der Waals surface area contributed by atoms with Gasteiger partial charge < -0.3 is 14.2 Å². The Hall–Kier alpha value is -0.315. The summed E-state index contributed by atoms with van der Waals surface area (Å²) in [7, 11) is 2.08. The quantitative estimate of drug-likeness (QED) is 0.479. The summed E-state index contributed by atoms with van der Waals surface area (Å²) in [6.07, 6.45) is 5.68. The lowest BCUT2D eigenvalue weighted by Crippen LogP contribution is -2.41. The van der Waals surface area contributed by atoms with Gasteiger partial charge >= 0.3 is 7.12 Å². The van der Waals surface area contributed by atoms with Gasteiger partial charge in [-0.15, -0.1) is 0 Å². The molecule has 1 saturated heterocycles. The van der Waals surface area contributed by atoms with Crippen molar-refractivity contribution in [2.45, 2.75) is 52.1 Å². The smallest absolute Gasteiger partial charge is 0.403 e. The van der Waals surface area contributed by atoms with Gasteiger partial charge in [-0.25, -0.2) is 0 Å². The third-order valence-corrected chi connectivity index (χ3v) is 3.63. The molecule has 98 valence electrons. The van der Waals surface area contributed by atoms with Crippen molar-refractivity contribution < 1.29 is 9.31 Å². The van der Waals surface area contributed by atoms with E-state index in [9.17, 15) is 0 Å². The van der Waals surface area contributed by atoms with Crippen LogP contribution in [0.25, 0.3) is 0 Å². The molecule has 0 aromatic heterocycles. The molecule has 2 rings (SSSR count). The van der Waals surface area contributed by atoms with Gasteiger partial charge in [0.25, 0.3) is 0 Å². The Labute approximate surface area is 106 Å². The fraction of sp³-hybridized carbons (Fsp3) is 0.846. The molecule has 0 atom stereocenters. The summed E-state index contributed by atoms with van der Waals surface area (Å²) in [4.78, 5) is 2.31. The second-order valence-electron chi connectivity index (χ2n) is 5.85. The highest BCUT2D eigenvalue weighted by molar-refractivity contribution is 6.43. The summed E-state index contributed by atoms with van der Waals surface area (Å²) in [5.41, 5.74) is -0.321. The molecule has 2 heterocycles.